The lowest BCUT2D eigenvalue weighted by Crippen LogP contribution is -2.21. The van der Waals surface area contributed by atoms with Gasteiger partial charge in [0.05, 0.1) is 17.8 Å². The van der Waals surface area contributed by atoms with E-state index >= 15 is 0 Å². The molecule has 84 valence electrons. The molecule has 0 radical (unpaired) electrons. The predicted octanol–water partition coefficient (Wildman–Crippen LogP) is 2.87. The molecule has 1 heterocycles. The van der Waals surface area contributed by atoms with Crippen molar-refractivity contribution in [2.45, 2.75) is 20.4 Å². The summed E-state index contributed by atoms with van der Waals surface area (Å²) in [5.74, 6) is -0.290. The molecule has 1 rings (SSSR count). The summed E-state index contributed by atoms with van der Waals surface area (Å²) >= 11 is 9.05. The summed E-state index contributed by atoms with van der Waals surface area (Å²) in [6.45, 7) is 4.64. The van der Waals surface area contributed by atoms with Crippen molar-refractivity contribution in [3.8, 4) is 0 Å². The highest BCUT2D eigenvalue weighted by atomic mass is 79.9. The second-order valence-corrected chi connectivity index (χ2v) is 5.02. The molecule has 0 atom stereocenters. The molecule has 15 heavy (non-hydrogen) atoms. The molecule has 0 aromatic carbocycles. The van der Waals surface area contributed by atoms with Crippen molar-refractivity contribution in [2.75, 3.05) is 5.33 Å². The van der Waals surface area contributed by atoms with E-state index < -0.39 is 4.92 Å². The molecule has 0 saturated heterocycles. The maximum absolute atomic E-state index is 10.5. The Hall–Kier alpha value is -0.620. The molecule has 5 nitrogen and oxygen atoms in total. The van der Waals surface area contributed by atoms with Gasteiger partial charge in [-0.3, -0.25) is 0 Å². The third kappa shape index (κ3) is 3.17. The Morgan fingerprint density at radius 2 is 2.33 bits per heavy atom. The highest BCUT2D eigenvalue weighted by Gasteiger charge is 2.24. The van der Waals surface area contributed by atoms with Crippen LogP contribution >= 0.6 is 27.5 Å². The number of nitrogens with zero attached hydrogens (tertiary/aromatic N) is 3. The van der Waals surface area contributed by atoms with Gasteiger partial charge >= 0.3 is 5.82 Å². The second-order valence-electron chi connectivity index (χ2n) is 4.05. The highest BCUT2D eigenvalue weighted by Crippen LogP contribution is 2.25. The number of hydrogen-bond acceptors (Lipinski definition) is 3. The van der Waals surface area contributed by atoms with E-state index in [1.807, 2.05) is 13.8 Å². The van der Waals surface area contributed by atoms with E-state index in [4.69, 9.17) is 11.6 Å². The zero-order valence-electron chi connectivity index (χ0n) is 8.41. The highest BCUT2D eigenvalue weighted by molar-refractivity contribution is 9.09. The predicted molar refractivity (Wildman–Crippen MR) is 61.5 cm³/mol. The van der Waals surface area contributed by atoms with Gasteiger partial charge in [-0.2, -0.15) is 4.68 Å². The number of nitro groups is 1. The van der Waals surface area contributed by atoms with Gasteiger partial charge in [-0.1, -0.05) is 41.4 Å². The van der Waals surface area contributed by atoms with Crippen molar-refractivity contribution in [2.24, 2.45) is 5.41 Å². The zero-order chi connectivity index (χ0) is 11.6. The van der Waals surface area contributed by atoms with E-state index in [0.717, 1.165) is 5.33 Å². The first-order valence-corrected chi connectivity index (χ1v) is 5.79. The molecule has 0 aliphatic rings. The van der Waals surface area contributed by atoms with E-state index in [-0.39, 0.29) is 16.3 Å². The summed E-state index contributed by atoms with van der Waals surface area (Å²) in [6.07, 6.45) is 1.48. The van der Waals surface area contributed by atoms with E-state index in [2.05, 4.69) is 21.0 Å². The average Bonchev–Trinajstić information content (AvgIpc) is 2.46. The number of rotatable bonds is 4. The van der Waals surface area contributed by atoms with Crippen LogP contribution < -0.4 is 0 Å². The molecule has 0 N–H and O–H groups in total. The summed E-state index contributed by atoms with van der Waals surface area (Å²) in [4.78, 5) is 9.92. The van der Waals surface area contributed by atoms with Gasteiger partial charge in [0.1, 0.15) is 0 Å². The van der Waals surface area contributed by atoms with Crippen molar-refractivity contribution < 1.29 is 4.92 Å². The summed E-state index contributed by atoms with van der Waals surface area (Å²) in [7, 11) is 0. The fourth-order valence-corrected chi connectivity index (χ4v) is 1.47. The van der Waals surface area contributed by atoms with Crippen LogP contribution in [0.2, 0.25) is 5.02 Å². The monoisotopic (exact) mass is 295 g/mol. The van der Waals surface area contributed by atoms with Crippen molar-refractivity contribution in [1.82, 2.24) is 9.78 Å². The van der Waals surface area contributed by atoms with Crippen molar-refractivity contribution in [1.29, 1.82) is 0 Å². The van der Waals surface area contributed by atoms with Crippen LogP contribution in [0.25, 0.3) is 0 Å². The molecular weight excluding hydrogens is 285 g/mol. The first kappa shape index (κ1) is 12.4. The molecule has 0 fully saturated rings. The Morgan fingerprint density at radius 1 is 1.73 bits per heavy atom. The SMILES string of the molecule is CC(C)(CBr)Cn1cc(Cl)c([N+](=O)[O-])n1. The van der Waals surface area contributed by atoms with Gasteiger partial charge in [0.2, 0.25) is 0 Å². The molecule has 0 aliphatic carbocycles. The topological polar surface area (TPSA) is 61.0 Å². The van der Waals surface area contributed by atoms with Gasteiger partial charge in [0, 0.05) is 5.33 Å². The Morgan fingerprint density at radius 3 is 2.73 bits per heavy atom. The Balaban J connectivity index is 2.89. The molecule has 1 aromatic heterocycles. The molecule has 0 saturated carbocycles. The zero-order valence-corrected chi connectivity index (χ0v) is 10.7. The van der Waals surface area contributed by atoms with Crippen molar-refractivity contribution in [3.05, 3.63) is 21.3 Å². The molecular formula is C8H11BrClN3O2. The molecule has 7 heteroatoms. The molecule has 0 bridgehead atoms. The lowest BCUT2D eigenvalue weighted by Gasteiger charge is -2.19. The lowest BCUT2D eigenvalue weighted by molar-refractivity contribution is -0.389. The number of aromatic nitrogens is 2. The number of alkyl halides is 1. The van der Waals surface area contributed by atoms with Gasteiger partial charge in [0.25, 0.3) is 0 Å². The maximum Gasteiger partial charge on any atom is 0.408 e. The number of halogens is 2. The standard InChI is InChI=1S/C8H11BrClN3O2/c1-8(2,4-9)5-12-3-6(10)7(11-12)13(14)15/h3H,4-5H2,1-2H3. The second kappa shape index (κ2) is 4.49. The normalized spacial score (nSPS) is 11.7. The van der Waals surface area contributed by atoms with Gasteiger partial charge in [-0.05, 0) is 10.3 Å². The summed E-state index contributed by atoms with van der Waals surface area (Å²) in [6, 6.07) is 0. The van der Waals surface area contributed by atoms with Crippen LogP contribution in [0.4, 0.5) is 5.82 Å². The van der Waals surface area contributed by atoms with E-state index in [9.17, 15) is 10.1 Å². The van der Waals surface area contributed by atoms with E-state index in [0.29, 0.717) is 6.54 Å². The molecule has 0 amide bonds. The smallest absolute Gasteiger partial charge is 0.358 e. The maximum atomic E-state index is 10.5. The first-order valence-electron chi connectivity index (χ1n) is 4.29. The molecule has 1 aromatic rings. The minimum absolute atomic E-state index is 0.0246. The Bertz CT molecular complexity index is 378. The third-order valence-electron chi connectivity index (χ3n) is 1.82. The first-order chi connectivity index (χ1) is 6.85. The van der Waals surface area contributed by atoms with Gasteiger partial charge < -0.3 is 10.1 Å². The van der Waals surface area contributed by atoms with Crippen LogP contribution in [-0.4, -0.2) is 20.0 Å². The van der Waals surface area contributed by atoms with Crippen molar-refractivity contribution >= 4 is 33.3 Å². The third-order valence-corrected chi connectivity index (χ3v) is 3.61. The van der Waals surface area contributed by atoms with Crippen LogP contribution in [0.1, 0.15) is 13.8 Å². The van der Waals surface area contributed by atoms with Crippen LogP contribution in [0, 0.1) is 15.5 Å². The average molecular weight is 297 g/mol. The van der Waals surface area contributed by atoms with Crippen LogP contribution in [0.5, 0.6) is 0 Å². The fourth-order valence-electron chi connectivity index (χ4n) is 1.07. The van der Waals surface area contributed by atoms with Crippen LogP contribution in [0.3, 0.4) is 0 Å². The summed E-state index contributed by atoms with van der Waals surface area (Å²) in [5, 5.41) is 15.2. The largest absolute Gasteiger partial charge is 0.408 e. The van der Waals surface area contributed by atoms with E-state index in [1.165, 1.54) is 10.9 Å². The van der Waals surface area contributed by atoms with Crippen LogP contribution in [0.15, 0.2) is 6.20 Å². The summed E-state index contributed by atoms with van der Waals surface area (Å²) < 4.78 is 1.50. The summed E-state index contributed by atoms with van der Waals surface area (Å²) in [5.41, 5.74) is -0.0246. The van der Waals surface area contributed by atoms with Crippen LogP contribution in [-0.2, 0) is 6.54 Å². The van der Waals surface area contributed by atoms with Crippen molar-refractivity contribution in [3.63, 3.8) is 0 Å². The quantitative estimate of drug-likeness (QED) is 0.487. The van der Waals surface area contributed by atoms with Gasteiger partial charge in [0.15, 0.2) is 5.02 Å². The van der Waals surface area contributed by atoms with E-state index in [1.54, 1.807) is 0 Å². The Kier molecular flexibility index (Phi) is 3.72. The minimum atomic E-state index is -0.583. The number of hydrogen-bond donors (Lipinski definition) is 0. The molecule has 0 aliphatic heterocycles. The Labute approximate surface area is 101 Å². The minimum Gasteiger partial charge on any atom is -0.358 e. The molecule has 0 spiro atoms. The lowest BCUT2D eigenvalue weighted by atomic mass is 9.97. The molecule has 0 unspecified atom stereocenters. The van der Waals surface area contributed by atoms with Gasteiger partial charge in [-0.25, -0.2) is 0 Å². The fraction of sp³-hybridized carbons (Fsp3) is 0.625. The van der Waals surface area contributed by atoms with Gasteiger partial charge in [-0.15, -0.1) is 0 Å².